The largest absolute Gasteiger partial charge is 0.492 e. The van der Waals surface area contributed by atoms with Crippen molar-refractivity contribution in [3.05, 3.63) is 53.9 Å². The minimum Gasteiger partial charge on any atom is -0.492 e. The van der Waals surface area contributed by atoms with Crippen molar-refractivity contribution in [3.63, 3.8) is 0 Å². The zero-order valence-electron chi connectivity index (χ0n) is 21.8. The summed E-state index contributed by atoms with van der Waals surface area (Å²) in [5, 5.41) is 10.4. The molecule has 210 valence electrons. The normalized spacial score (nSPS) is 10.8. The lowest BCUT2D eigenvalue weighted by Gasteiger charge is -2.27. The molecule has 2 amide bonds. The highest BCUT2D eigenvalue weighted by molar-refractivity contribution is 5.95. The van der Waals surface area contributed by atoms with E-state index in [9.17, 15) is 22.8 Å². The van der Waals surface area contributed by atoms with Crippen molar-refractivity contribution in [3.8, 4) is 5.75 Å². The number of benzene rings is 1. The molecule has 0 saturated heterocycles. The Labute approximate surface area is 220 Å². The second-order valence-corrected chi connectivity index (χ2v) is 8.72. The Morgan fingerprint density at radius 2 is 1.74 bits per heavy atom. The highest BCUT2D eigenvalue weighted by Crippen LogP contribution is 2.20. The number of amides is 2. The summed E-state index contributed by atoms with van der Waals surface area (Å²) in [5.74, 6) is -2.36. The van der Waals surface area contributed by atoms with Crippen molar-refractivity contribution in [2.45, 2.75) is 58.7 Å². The summed E-state index contributed by atoms with van der Waals surface area (Å²) in [6.07, 6.45) is 1.24. The maximum atomic E-state index is 13.2. The number of carbonyl (C=O) groups excluding carboxylic acids is 2. The van der Waals surface area contributed by atoms with Gasteiger partial charge in [-0.05, 0) is 69.5 Å². The third kappa shape index (κ3) is 12.9. The Balaban J connectivity index is 0.000000905. The number of aliphatic carboxylic acids is 1. The van der Waals surface area contributed by atoms with E-state index in [1.807, 2.05) is 56.0 Å². The topological polar surface area (TPSA) is 135 Å². The fraction of sp³-hybridized carbons (Fsp3) is 0.462. The number of rotatable bonds is 13. The second-order valence-electron chi connectivity index (χ2n) is 8.72. The van der Waals surface area contributed by atoms with E-state index in [0.29, 0.717) is 37.4 Å². The number of aromatic nitrogens is 1. The van der Waals surface area contributed by atoms with Crippen molar-refractivity contribution in [2.75, 3.05) is 25.0 Å². The molecule has 0 aliphatic heterocycles. The van der Waals surface area contributed by atoms with Gasteiger partial charge in [0, 0.05) is 49.2 Å². The van der Waals surface area contributed by atoms with Crippen LogP contribution >= 0.6 is 0 Å². The summed E-state index contributed by atoms with van der Waals surface area (Å²) in [6.45, 7) is 7.76. The minimum absolute atomic E-state index is 0.00615. The molecule has 12 heteroatoms. The smallest absolute Gasteiger partial charge is 0.490 e. The summed E-state index contributed by atoms with van der Waals surface area (Å²) >= 11 is 0. The predicted molar refractivity (Wildman–Crippen MR) is 137 cm³/mol. The number of anilines is 1. The van der Waals surface area contributed by atoms with Gasteiger partial charge in [0.25, 0.3) is 5.91 Å². The number of aryl methyl sites for hydroxylation is 1. The number of alkyl halides is 3. The molecule has 0 aliphatic rings. The molecule has 1 aromatic carbocycles. The van der Waals surface area contributed by atoms with E-state index < -0.39 is 12.1 Å². The van der Waals surface area contributed by atoms with Crippen LogP contribution in [0.15, 0.2) is 42.7 Å². The van der Waals surface area contributed by atoms with Crippen molar-refractivity contribution in [1.29, 1.82) is 0 Å². The molecule has 0 bridgehead atoms. The lowest BCUT2D eigenvalue weighted by atomic mass is 10.1. The number of unbranched alkanes of at least 4 members (excludes halogenated alkanes) is 2. The van der Waals surface area contributed by atoms with Crippen molar-refractivity contribution in [1.82, 2.24) is 9.88 Å². The average molecular weight is 541 g/mol. The van der Waals surface area contributed by atoms with Gasteiger partial charge in [0.05, 0.1) is 0 Å². The fourth-order valence-corrected chi connectivity index (χ4v) is 3.31. The first kappa shape index (κ1) is 32.2. The molecule has 1 heterocycles. The molecule has 0 aliphatic carbocycles. The Hall–Kier alpha value is -3.83. The Morgan fingerprint density at radius 1 is 1.11 bits per heavy atom. The molecule has 38 heavy (non-hydrogen) atoms. The summed E-state index contributed by atoms with van der Waals surface area (Å²) in [4.78, 5) is 38.8. The number of hydrogen-bond acceptors (Lipinski definition) is 6. The maximum absolute atomic E-state index is 13.2. The molecular weight excluding hydrogens is 505 g/mol. The van der Waals surface area contributed by atoms with Crippen LogP contribution in [0.2, 0.25) is 0 Å². The molecular formula is C26H35F3N4O5. The number of nitrogens with one attached hydrogen (secondary N) is 1. The molecule has 0 unspecified atom stereocenters. The fourth-order valence-electron chi connectivity index (χ4n) is 3.31. The molecule has 0 spiro atoms. The Kier molecular flexibility index (Phi) is 13.6. The van der Waals surface area contributed by atoms with Gasteiger partial charge in [0.1, 0.15) is 12.4 Å². The number of ether oxygens (including phenoxy) is 1. The van der Waals surface area contributed by atoms with Crippen LogP contribution in [0.4, 0.5) is 18.9 Å². The quantitative estimate of drug-likeness (QED) is 0.320. The van der Waals surface area contributed by atoms with Crippen LogP contribution < -0.4 is 15.8 Å². The summed E-state index contributed by atoms with van der Waals surface area (Å²) in [5.41, 5.74) is 7.78. The third-order valence-corrected chi connectivity index (χ3v) is 5.13. The van der Waals surface area contributed by atoms with Crippen LogP contribution in [0, 0.1) is 6.92 Å². The van der Waals surface area contributed by atoms with E-state index in [0.717, 1.165) is 30.5 Å². The number of carboxylic acids is 1. The second kappa shape index (κ2) is 16.1. The zero-order valence-corrected chi connectivity index (χ0v) is 21.8. The number of carboxylic acid groups (broad SMARTS) is 1. The van der Waals surface area contributed by atoms with Gasteiger partial charge >= 0.3 is 12.1 Å². The number of pyridine rings is 1. The number of carbonyl (C=O) groups is 3. The SMILES string of the molecule is Cc1cc(OCCNc2ccncc2)cc(C(=O)N(CCCCCC(N)=O)C(C)C)c1.O=C(O)C(F)(F)F. The van der Waals surface area contributed by atoms with Crippen LogP contribution in [-0.4, -0.2) is 64.7 Å². The van der Waals surface area contributed by atoms with Gasteiger partial charge in [0.2, 0.25) is 5.91 Å². The van der Waals surface area contributed by atoms with Crippen LogP contribution in [0.5, 0.6) is 5.75 Å². The Morgan fingerprint density at radius 3 is 2.29 bits per heavy atom. The van der Waals surface area contributed by atoms with E-state index in [1.165, 1.54) is 0 Å². The van der Waals surface area contributed by atoms with Gasteiger partial charge in [-0.3, -0.25) is 14.6 Å². The zero-order chi connectivity index (χ0) is 28.7. The molecule has 0 saturated carbocycles. The van der Waals surface area contributed by atoms with E-state index in [1.54, 1.807) is 12.4 Å². The summed E-state index contributed by atoms with van der Waals surface area (Å²) in [6, 6.07) is 9.53. The van der Waals surface area contributed by atoms with Crippen molar-refractivity contribution < 1.29 is 37.4 Å². The monoisotopic (exact) mass is 540 g/mol. The molecule has 0 fully saturated rings. The van der Waals surface area contributed by atoms with E-state index in [-0.39, 0.29) is 17.9 Å². The van der Waals surface area contributed by atoms with Gasteiger partial charge in [-0.2, -0.15) is 13.2 Å². The standard InChI is InChI=1S/C24H34N4O3.C2HF3O2/c1-18(2)28(13-6-4-5-7-23(25)29)24(30)20-15-19(3)16-22(17-20)31-14-12-27-21-8-10-26-11-9-21;3-2(4,5)1(6)7/h8-11,15-18H,4-7,12-14H2,1-3H3,(H2,25,29)(H,26,27);(H,6,7). The van der Waals surface area contributed by atoms with Crippen LogP contribution in [0.1, 0.15) is 55.5 Å². The first-order valence-electron chi connectivity index (χ1n) is 12.1. The van der Waals surface area contributed by atoms with Crippen LogP contribution in [-0.2, 0) is 9.59 Å². The number of hydrogen-bond donors (Lipinski definition) is 3. The number of nitrogens with two attached hydrogens (primary N) is 1. The molecule has 1 aromatic heterocycles. The lowest BCUT2D eigenvalue weighted by molar-refractivity contribution is -0.192. The first-order valence-corrected chi connectivity index (χ1v) is 12.1. The van der Waals surface area contributed by atoms with Gasteiger partial charge in [-0.25, -0.2) is 4.79 Å². The van der Waals surface area contributed by atoms with Gasteiger partial charge in [0.15, 0.2) is 0 Å². The predicted octanol–water partition coefficient (Wildman–Crippen LogP) is 4.41. The van der Waals surface area contributed by atoms with E-state index >= 15 is 0 Å². The first-order chi connectivity index (χ1) is 17.8. The van der Waals surface area contributed by atoms with E-state index in [2.05, 4.69) is 10.3 Å². The highest BCUT2D eigenvalue weighted by Gasteiger charge is 2.38. The molecule has 0 atom stereocenters. The number of halogens is 3. The molecule has 4 N–H and O–H groups in total. The summed E-state index contributed by atoms with van der Waals surface area (Å²) < 4.78 is 37.6. The minimum atomic E-state index is -5.08. The van der Waals surface area contributed by atoms with Crippen LogP contribution in [0.3, 0.4) is 0 Å². The molecule has 9 nitrogen and oxygen atoms in total. The number of primary amides is 1. The van der Waals surface area contributed by atoms with Gasteiger partial charge in [-0.15, -0.1) is 0 Å². The lowest BCUT2D eigenvalue weighted by Crippen LogP contribution is -2.37. The maximum Gasteiger partial charge on any atom is 0.490 e. The van der Waals surface area contributed by atoms with Crippen molar-refractivity contribution >= 4 is 23.5 Å². The summed E-state index contributed by atoms with van der Waals surface area (Å²) in [7, 11) is 0. The number of nitrogens with zero attached hydrogens (tertiary/aromatic N) is 2. The molecule has 2 aromatic rings. The van der Waals surface area contributed by atoms with Gasteiger partial charge < -0.3 is 25.8 Å². The van der Waals surface area contributed by atoms with Crippen molar-refractivity contribution in [2.24, 2.45) is 5.73 Å². The van der Waals surface area contributed by atoms with Crippen LogP contribution in [0.25, 0.3) is 0 Å². The molecule has 0 radical (unpaired) electrons. The molecule has 2 rings (SSSR count). The van der Waals surface area contributed by atoms with E-state index in [4.69, 9.17) is 20.4 Å². The Bertz CT molecular complexity index is 1030. The highest BCUT2D eigenvalue weighted by atomic mass is 19.4. The average Bonchev–Trinajstić information content (AvgIpc) is 2.83. The van der Waals surface area contributed by atoms with Gasteiger partial charge in [-0.1, -0.05) is 6.42 Å². The third-order valence-electron chi connectivity index (χ3n) is 5.13.